The summed E-state index contributed by atoms with van der Waals surface area (Å²) in [4.78, 5) is 15.2. The van der Waals surface area contributed by atoms with Gasteiger partial charge in [-0.2, -0.15) is 0 Å². The molecule has 32 heavy (non-hydrogen) atoms. The average molecular weight is 449 g/mol. The molecule has 8 heteroatoms. The number of fused-ring (bicyclic) bond motifs is 2. The highest BCUT2D eigenvalue weighted by atomic mass is 35.5. The highest BCUT2D eigenvalue weighted by molar-refractivity contribution is 6.31. The number of pyridine rings is 1. The van der Waals surface area contributed by atoms with E-state index in [2.05, 4.69) is 19.9 Å². The molecule has 0 spiro atoms. The Balaban J connectivity index is 1.44. The Morgan fingerprint density at radius 2 is 1.97 bits per heavy atom. The first-order valence-electron chi connectivity index (χ1n) is 10.1. The van der Waals surface area contributed by atoms with Crippen LogP contribution in [0.4, 0.5) is 0 Å². The van der Waals surface area contributed by atoms with Gasteiger partial charge in [0.2, 0.25) is 0 Å². The van der Waals surface area contributed by atoms with Crippen LogP contribution in [0.15, 0.2) is 54.9 Å². The lowest BCUT2D eigenvalue weighted by molar-refractivity contribution is 0.220. The Labute approximate surface area is 189 Å². The summed E-state index contributed by atoms with van der Waals surface area (Å²) < 4.78 is 11.5. The summed E-state index contributed by atoms with van der Waals surface area (Å²) in [6, 6.07) is 13.1. The summed E-state index contributed by atoms with van der Waals surface area (Å²) in [5, 5.41) is 12.3. The molecule has 162 valence electrons. The molecule has 5 aromatic rings. The lowest BCUT2D eigenvalue weighted by Gasteiger charge is -2.17. The molecule has 3 heterocycles. The van der Waals surface area contributed by atoms with Crippen LogP contribution in [0.2, 0.25) is 5.02 Å². The number of nitrogens with one attached hydrogen (secondary N) is 2. The molecule has 0 aliphatic carbocycles. The zero-order valence-electron chi connectivity index (χ0n) is 17.5. The highest BCUT2D eigenvalue weighted by Crippen LogP contribution is 2.39. The summed E-state index contributed by atoms with van der Waals surface area (Å²) in [5.74, 6) is 1.62. The molecule has 0 radical (unpaired) electrons. The number of aromatic nitrogens is 4. The van der Waals surface area contributed by atoms with Gasteiger partial charge in [-0.1, -0.05) is 23.7 Å². The van der Waals surface area contributed by atoms with Crippen molar-refractivity contribution >= 4 is 33.7 Å². The van der Waals surface area contributed by atoms with Gasteiger partial charge in [-0.25, -0.2) is 9.97 Å². The van der Waals surface area contributed by atoms with E-state index in [9.17, 15) is 5.11 Å². The van der Waals surface area contributed by atoms with Crippen LogP contribution in [-0.2, 0) is 6.61 Å². The van der Waals surface area contributed by atoms with E-state index in [4.69, 9.17) is 21.1 Å². The van der Waals surface area contributed by atoms with Crippen molar-refractivity contribution < 1.29 is 14.6 Å². The second kappa shape index (κ2) is 8.18. The van der Waals surface area contributed by atoms with Crippen molar-refractivity contribution in [2.24, 2.45) is 0 Å². The Bertz CT molecular complexity index is 1390. The molecular weight excluding hydrogens is 428 g/mol. The van der Waals surface area contributed by atoms with Gasteiger partial charge in [0, 0.05) is 35.0 Å². The van der Waals surface area contributed by atoms with E-state index < -0.39 is 6.10 Å². The minimum absolute atomic E-state index is 0.219. The first kappa shape index (κ1) is 20.4. The summed E-state index contributed by atoms with van der Waals surface area (Å²) >= 11 is 6.55. The molecule has 0 fully saturated rings. The number of methoxy groups -OCH3 is 1. The number of halogens is 1. The zero-order valence-corrected chi connectivity index (χ0v) is 18.3. The molecule has 3 aromatic heterocycles. The number of rotatable bonds is 6. The molecule has 0 aliphatic heterocycles. The largest absolute Gasteiger partial charge is 0.493 e. The Morgan fingerprint density at radius 1 is 1.12 bits per heavy atom. The monoisotopic (exact) mass is 448 g/mol. The van der Waals surface area contributed by atoms with Gasteiger partial charge in [-0.15, -0.1) is 0 Å². The number of hydrogen-bond acceptors (Lipinski definition) is 5. The number of H-pyrrole nitrogens is 2. The lowest BCUT2D eigenvalue weighted by Crippen LogP contribution is -2.04. The van der Waals surface area contributed by atoms with Gasteiger partial charge in [0.15, 0.2) is 11.5 Å². The van der Waals surface area contributed by atoms with E-state index in [1.54, 1.807) is 31.6 Å². The fourth-order valence-electron chi connectivity index (χ4n) is 3.77. The fourth-order valence-corrected chi connectivity index (χ4v) is 4.03. The predicted molar refractivity (Wildman–Crippen MR) is 123 cm³/mol. The number of aromatic amines is 2. The number of imidazole rings is 1. The maximum absolute atomic E-state index is 11.1. The summed E-state index contributed by atoms with van der Waals surface area (Å²) in [6.07, 6.45) is 2.56. The second-order valence-electron chi connectivity index (χ2n) is 7.57. The van der Waals surface area contributed by atoms with Gasteiger partial charge in [0.1, 0.15) is 24.2 Å². The first-order chi connectivity index (χ1) is 15.5. The predicted octanol–water partition coefficient (Wildman–Crippen LogP) is 5.07. The minimum atomic E-state index is -0.960. The van der Waals surface area contributed by atoms with Crippen LogP contribution in [0.25, 0.3) is 22.1 Å². The van der Waals surface area contributed by atoms with E-state index >= 15 is 0 Å². The normalized spacial score (nSPS) is 12.4. The average Bonchev–Trinajstić information content (AvgIpc) is 3.40. The van der Waals surface area contributed by atoms with Crippen molar-refractivity contribution in [2.75, 3.05) is 7.11 Å². The van der Waals surface area contributed by atoms with Crippen LogP contribution in [-0.4, -0.2) is 32.2 Å². The maximum atomic E-state index is 11.1. The van der Waals surface area contributed by atoms with Crippen LogP contribution in [0, 0.1) is 6.92 Å². The number of nitrogens with zero attached hydrogens (tertiary/aromatic N) is 2. The standard InChI is InChI=1S/C24H21ClN4O3/c1-13-7-14-16(11-27-24(14)26-10-13)23(30)15-8-20(31-2)21(9-17(15)25)32-12-22-28-18-5-3-4-6-19(18)29-22/h3-11,23,30H,12H2,1-2H3,(H,26,27)(H,28,29). The zero-order chi connectivity index (χ0) is 22.2. The Hall–Kier alpha value is -3.55. The van der Waals surface area contributed by atoms with Gasteiger partial charge in [-0.3, -0.25) is 0 Å². The highest BCUT2D eigenvalue weighted by Gasteiger charge is 2.21. The van der Waals surface area contributed by atoms with Gasteiger partial charge in [0.25, 0.3) is 0 Å². The van der Waals surface area contributed by atoms with Gasteiger partial charge in [0.05, 0.1) is 23.2 Å². The molecule has 1 unspecified atom stereocenters. The lowest BCUT2D eigenvalue weighted by atomic mass is 10.0. The number of hydrogen-bond donors (Lipinski definition) is 3. The molecule has 0 amide bonds. The van der Waals surface area contributed by atoms with E-state index in [1.165, 1.54) is 0 Å². The topological polar surface area (TPSA) is 96.1 Å². The molecule has 3 N–H and O–H groups in total. The van der Waals surface area contributed by atoms with Crippen molar-refractivity contribution in [2.45, 2.75) is 19.6 Å². The van der Waals surface area contributed by atoms with Crippen LogP contribution in [0.1, 0.15) is 28.6 Å². The van der Waals surface area contributed by atoms with E-state index in [0.717, 1.165) is 22.0 Å². The van der Waals surface area contributed by atoms with Gasteiger partial charge >= 0.3 is 0 Å². The van der Waals surface area contributed by atoms with Crippen molar-refractivity contribution in [3.05, 3.63) is 82.4 Å². The molecule has 0 aliphatic rings. The third kappa shape index (κ3) is 3.66. The number of aryl methyl sites for hydroxylation is 1. The summed E-state index contributed by atoms with van der Waals surface area (Å²) in [7, 11) is 1.55. The van der Waals surface area contributed by atoms with Crippen LogP contribution in [0.5, 0.6) is 11.5 Å². The number of aliphatic hydroxyl groups is 1. The fraction of sp³-hybridized carbons (Fsp3) is 0.167. The van der Waals surface area contributed by atoms with Gasteiger partial charge in [-0.05, 0) is 36.8 Å². The van der Waals surface area contributed by atoms with Gasteiger partial charge < -0.3 is 24.5 Å². The summed E-state index contributed by atoms with van der Waals surface area (Å²) in [6.45, 7) is 2.18. The van der Waals surface area contributed by atoms with Crippen LogP contribution >= 0.6 is 11.6 Å². The molecule has 0 saturated carbocycles. The molecule has 7 nitrogen and oxygen atoms in total. The second-order valence-corrected chi connectivity index (χ2v) is 7.98. The molecule has 1 atom stereocenters. The molecule has 0 saturated heterocycles. The van der Waals surface area contributed by atoms with Crippen molar-refractivity contribution in [1.82, 2.24) is 19.9 Å². The molecule has 0 bridgehead atoms. The molecular formula is C24H21ClN4O3. The number of benzene rings is 2. The first-order valence-corrected chi connectivity index (χ1v) is 10.5. The van der Waals surface area contributed by atoms with Crippen LogP contribution < -0.4 is 9.47 Å². The van der Waals surface area contributed by atoms with Crippen molar-refractivity contribution in [1.29, 1.82) is 0 Å². The summed E-state index contributed by atoms with van der Waals surface area (Å²) in [5.41, 5.74) is 4.73. The maximum Gasteiger partial charge on any atom is 0.163 e. The third-order valence-electron chi connectivity index (χ3n) is 5.37. The smallest absolute Gasteiger partial charge is 0.163 e. The minimum Gasteiger partial charge on any atom is -0.493 e. The number of aliphatic hydroxyl groups excluding tert-OH is 1. The Kier molecular flexibility index (Phi) is 5.20. The van der Waals surface area contributed by atoms with E-state index in [0.29, 0.717) is 39.1 Å². The van der Waals surface area contributed by atoms with E-state index in [-0.39, 0.29) is 6.61 Å². The SMILES string of the molecule is COc1cc(C(O)c2c[nH]c3ncc(C)cc23)c(Cl)cc1OCc1nc2ccccc2[nH]1. The van der Waals surface area contributed by atoms with Crippen LogP contribution in [0.3, 0.4) is 0 Å². The number of para-hydroxylation sites is 2. The quantitative estimate of drug-likeness (QED) is 0.337. The van der Waals surface area contributed by atoms with Crippen molar-refractivity contribution in [3.63, 3.8) is 0 Å². The van der Waals surface area contributed by atoms with E-state index in [1.807, 2.05) is 37.3 Å². The Morgan fingerprint density at radius 3 is 2.78 bits per heavy atom. The molecule has 2 aromatic carbocycles. The van der Waals surface area contributed by atoms with Crippen molar-refractivity contribution in [3.8, 4) is 11.5 Å². The third-order valence-corrected chi connectivity index (χ3v) is 5.70. The number of ether oxygens (including phenoxy) is 2. The molecule has 5 rings (SSSR count).